The van der Waals surface area contributed by atoms with Crippen LogP contribution in [0.15, 0.2) is 60.7 Å². The molecule has 3 rings (SSSR count). The monoisotopic (exact) mass is 564 g/mol. The van der Waals surface area contributed by atoms with Crippen LogP contribution in [-0.4, -0.2) is 53.2 Å². The number of methoxy groups -OCH3 is 1. The van der Waals surface area contributed by atoms with Gasteiger partial charge < -0.3 is 14.4 Å². The molecule has 2 aromatic rings. The number of esters is 1. The van der Waals surface area contributed by atoms with Crippen molar-refractivity contribution in [3.05, 3.63) is 71.8 Å². The molecule has 6 nitrogen and oxygen atoms in total. The van der Waals surface area contributed by atoms with Crippen LogP contribution in [0.5, 0.6) is 0 Å². The van der Waals surface area contributed by atoms with Gasteiger partial charge in [-0.25, -0.2) is 4.79 Å². The third-order valence-electron chi connectivity index (χ3n) is 7.91. The summed E-state index contributed by atoms with van der Waals surface area (Å²) < 4.78 is 10.6. The molecule has 0 radical (unpaired) electrons. The van der Waals surface area contributed by atoms with Crippen molar-refractivity contribution >= 4 is 12.1 Å². The highest BCUT2D eigenvalue weighted by Gasteiger charge is 2.39. The highest BCUT2D eigenvalue weighted by atomic mass is 16.6. The Morgan fingerprint density at radius 1 is 0.829 bits per heavy atom. The van der Waals surface area contributed by atoms with Crippen molar-refractivity contribution in [2.75, 3.05) is 13.7 Å². The first-order valence-electron chi connectivity index (χ1n) is 15.6. The molecule has 1 aliphatic rings. The first kappa shape index (κ1) is 32.7. The third-order valence-corrected chi connectivity index (χ3v) is 7.91. The number of ether oxygens (including phenoxy) is 2. The van der Waals surface area contributed by atoms with Gasteiger partial charge in [0.25, 0.3) is 0 Å². The van der Waals surface area contributed by atoms with Gasteiger partial charge in [0.05, 0.1) is 13.2 Å². The van der Waals surface area contributed by atoms with E-state index in [0.717, 1.165) is 71.0 Å². The van der Waals surface area contributed by atoms with E-state index in [1.54, 1.807) is 0 Å². The fourth-order valence-electron chi connectivity index (χ4n) is 5.89. The number of carbonyl (C=O) groups excluding carboxylic acids is 2. The van der Waals surface area contributed by atoms with Crippen molar-refractivity contribution < 1.29 is 19.1 Å². The Kier molecular flexibility index (Phi) is 13.7. The maximum atomic E-state index is 13.5. The molecule has 6 heteroatoms. The Morgan fingerprint density at radius 3 is 1.90 bits per heavy atom. The largest absolute Gasteiger partial charge is 0.469 e. The lowest BCUT2D eigenvalue weighted by molar-refractivity contribution is -0.140. The number of piperidine rings is 1. The Morgan fingerprint density at radius 2 is 1.37 bits per heavy atom. The van der Waals surface area contributed by atoms with E-state index in [-0.39, 0.29) is 24.1 Å². The summed E-state index contributed by atoms with van der Waals surface area (Å²) in [6, 6.07) is 21.7. The molecule has 1 amide bonds. The standard InChI is InChI=1S/C35H52N2O4/c1-35(2,3)41-34(39)37-26-18-24-31(32(37)23-16-8-6-5-7-9-17-25-33(38)40-4)36(27-29-19-12-10-13-20-29)28-30-21-14-11-15-22-30/h10-15,19-22,31-32H,5-9,16-18,23-28H2,1-4H3/t31-,32+/m0/s1. The van der Waals surface area contributed by atoms with E-state index in [0.29, 0.717) is 6.42 Å². The van der Waals surface area contributed by atoms with Gasteiger partial charge in [0.2, 0.25) is 0 Å². The second-order valence-corrected chi connectivity index (χ2v) is 12.4. The zero-order valence-corrected chi connectivity index (χ0v) is 25.9. The van der Waals surface area contributed by atoms with Gasteiger partial charge in [-0.3, -0.25) is 9.69 Å². The lowest BCUT2D eigenvalue weighted by Crippen LogP contribution is -2.57. The summed E-state index contributed by atoms with van der Waals surface area (Å²) in [5.41, 5.74) is 2.07. The van der Waals surface area contributed by atoms with Crippen LogP contribution in [0.25, 0.3) is 0 Å². The molecule has 0 saturated carbocycles. The molecule has 1 saturated heterocycles. The molecular weight excluding hydrogens is 512 g/mol. The number of likely N-dealkylation sites (tertiary alicyclic amines) is 1. The van der Waals surface area contributed by atoms with Crippen molar-refractivity contribution in [2.45, 2.75) is 122 Å². The predicted molar refractivity (Wildman–Crippen MR) is 165 cm³/mol. The Labute approximate surface area is 248 Å². The first-order valence-corrected chi connectivity index (χ1v) is 15.6. The van der Waals surface area contributed by atoms with Crippen LogP contribution < -0.4 is 0 Å². The van der Waals surface area contributed by atoms with Crippen molar-refractivity contribution in [1.29, 1.82) is 0 Å². The Bertz CT molecular complexity index is 980. The molecule has 226 valence electrons. The third kappa shape index (κ3) is 11.9. The summed E-state index contributed by atoms with van der Waals surface area (Å²) in [7, 11) is 1.45. The van der Waals surface area contributed by atoms with E-state index in [9.17, 15) is 9.59 Å². The molecule has 1 heterocycles. The van der Waals surface area contributed by atoms with Gasteiger partial charge in [0.1, 0.15) is 5.60 Å². The summed E-state index contributed by atoms with van der Waals surface area (Å²) in [4.78, 5) is 29.4. The van der Waals surface area contributed by atoms with E-state index in [1.165, 1.54) is 31.1 Å². The molecular formula is C35H52N2O4. The lowest BCUT2D eigenvalue weighted by atomic mass is 9.89. The predicted octanol–water partition coefficient (Wildman–Crippen LogP) is 8.14. The van der Waals surface area contributed by atoms with Crippen LogP contribution in [0.1, 0.15) is 103 Å². The van der Waals surface area contributed by atoms with Gasteiger partial charge in [-0.15, -0.1) is 0 Å². The lowest BCUT2D eigenvalue weighted by Gasteiger charge is -2.46. The molecule has 0 aromatic heterocycles. The smallest absolute Gasteiger partial charge is 0.410 e. The average molecular weight is 565 g/mol. The fraction of sp³-hybridized carbons (Fsp3) is 0.600. The number of benzene rings is 2. The number of carbonyl (C=O) groups is 2. The minimum Gasteiger partial charge on any atom is -0.469 e. The normalized spacial score (nSPS) is 17.4. The molecule has 0 N–H and O–H groups in total. The van der Waals surface area contributed by atoms with E-state index >= 15 is 0 Å². The van der Waals surface area contributed by atoms with Gasteiger partial charge in [-0.05, 0) is 57.6 Å². The number of hydrogen-bond donors (Lipinski definition) is 0. The highest BCUT2D eigenvalue weighted by molar-refractivity contribution is 5.69. The molecule has 0 aliphatic carbocycles. The van der Waals surface area contributed by atoms with Crippen LogP contribution in [0, 0.1) is 0 Å². The number of rotatable bonds is 15. The van der Waals surface area contributed by atoms with Gasteiger partial charge in [0.15, 0.2) is 0 Å². The molecule has 0 spiro atoms. The minimum absolute atomic E-state index is 0.116. The Hall–Kier alpha value is -2.86. The van der Waals surface area contributed by atoms with E-state index < -0.39 is 5.60 Å². The van der Waals surface area contributed by atoms with Crippen molar-refractivity contribution in [1.82, 2.24) is 9.80 Å². The summed E-state index contributed by atoms with van der Waals surface area (Å²) in [6.07, 6.45) is 11.1. The summed E-state index contributed by atoms with van der Waals surface area (Å²) in [6.45, 7) is 8.30. The number of nitrogens with zero attached hydrogens (tertiary/aromatic N) is 2. The van der Waals surface area contributed by atoms with Crippen LogP contribution in [0.4, 0.5) is 4.79 Å². The second-order valence-electron chi connectivity index (χ2n) is 12.4. The van der Waals surface area contributed by atoms with E-state index in [2.05, 4.69) is 65.6 Å². The van der Waals surface area contributed by atoms with Gasteiger partial charge >= 0.3 is 12.1 Å². The number of hydrogen-bond acceptors (Lipinski definition) is 5. The van der Waals surface area contributed by atoms with Gasteiger partial charge in [-0.2, -0.15) is 0 Å². The molecule has 0 unspecified atom stereocenters. The van der Waals surface area contributed by atoms with E-state index in [1.807, 2.05) is 25.7 Å². The summed E-state index contributed by atoms with van der Waals surface area (Å²) >= 11 is 0. The quantitative estimate of drug-likeness (QED) is 0.161. The summed E-state index contributed by atoms with van der Waals surface area (Å²) in [5.74, 6) is -0.116. The van der Waals surface area contributed by atoms with Crippen LogP contribution >= 0.6 is 0 Å². The summed E-state index contributed by atoms with van der Waals surface area (Å²) in [5, 5.41) is 0. The SMILES string of the molecule is COC(=O)CCCCCCCCC[C@@H]1[C@@H](N(Cc2ccccc2)Cc2ccccc2)CCCN1C(=O)OC(C)(C)C. The number of amides is 1. The molecule has 41 heavy (non-hydrogen) atoms. The maximum absolute atomic E-state index is 13.5. The van der Waals surface area contributed by atoms with Crippen LogP contribution in [0.2, 0.25) is 0 Å². The van der Waals surface area contributed by atoms with Gasteiger partial charge in [0, 0.05) is 32.1 Å². The number of unbranched alkanes of at least 4 members (excludes halogenated alkanes) is 6. The van der Waals surface area contributed by atoms with Gasteiger partial charge in [-0.1, -0.05) is 99.2 Å². The average Bonchev–Trinajstić information content (AvgIpc) is 2.96. The van der Waals surface area contributed by atoms with Crippen LogP contribution in [-0.2, 0) is 27.4 Å². The van der Waals surface area contributed by atoms with Crippen molar-refractivity contribution in [3.8, 4) is 0 Å². The second kappa shape index (κ2) is 17.2. The molecule has 2 aromatic carbocycles. The zero-order valence-electron chi connectivity index (χ0n) is 25.9. The fourth-order valence-corrected chi connectivity index (χ4v) is 5.89. The molecule has 1 aliphatic heterocycles. The highest BCUT2D eigenvalue weighted by Crippen LogP contribution is 2.30. The van der Waals surface area contributed by atoms with E-state index in [4.69, 9.17) is 9.47 Å². The molecule has 1 fully saturated rings. The minimum atomic E-state index is -0.518. The molecule has 2 atom stereocenters. The van der Waals surface area contributed by atoms with Crippen LogP contribution in [0.3, 0.4) is 0 Å². The van der Waals surface area contributed by atoms with Crippen molar-refractivity contribution in [3.63, 3.8) is 0 Å². The Balaban J connectivity index is 1.69. The van der Waals surface area contributed by atoms with Crippen molar-refractivity contribution in [2.24, 2.45) is 0 Å². The maximum Gasteiger partial charge on any atom is 0.410 e. The zero-order chi connectivity index (χ0) is 29.5. The topological polar surface area (TPSA) is 59.1 Å². The molecule has 0 bridgehead atoms. The first-order chi connectivity index (χ1) is 19.8.